The SMILES string of the molecule is CC/C=C/C(=O)NC1CCN(C(=O)CC#N)CC1. The number of piperidine rings is 1. The topological polar surface area (TPSA) is 73.2 Å². The van der Waals surface area contributed by atoms with Crippen molar-refractivity contribution in [3.05, 3.63) is 12.2 Å². The summed E-state index contributed by atoms with van der Waals surface area (Å²) in [5, 5.41) is 11.4. The molecule has 1 rings (SSSR count). The van der Waals surface area contributed by atoms with E-state index in [4.69, 9.17) is 5.26 Å². The van der Waals surface area contributed by atoms with Crippen molar-refractivity contribution in [3.63, 3.8) is 0 Å². The van der Waals surface area contributed by atoms with Gasteiger partial charge < -0.3 is 10.2 Å². The molecule has 1 aliphatic heterocycles. The molecular formula is C13H19N3O2. The Kier molecular flexibility index (Phi) is 5.92. The Balaban J connectivity index is 2.31. The lowest BCUT2D eigenvalue weighted by Gasteiger charge is -2.31. The fraction of sp³-hybridized carbons (Fsp3) is 0.615. The van der Waals surface area contributed by atoms with E-state index in [-0.39, 0.29) is 24.3 Å². The minimum absolute atomic E-state index is 0.0593. The first-order chi connectivity index (χ1) is 8.67. The molecule has 0 radical (unpaired) electrons. The third kappa shape index (κ3) is 4.58. The van der Waals surface area contributed by atoms with Gasteiger partial charge in [0, 0.05) is 19.1 Å². The average Bonchev–Trinajstić information content (AvgIpc) is 2.37. The van der Waals surface area contributed by atoms with Gasteiger partial charge in [0.25, 0.3) is 0 Å². The monoisotopic (exact) mass is 249 g/mol. The lowest BCUT2D eigenvalue weighted by Crippen LogP contribution is -2.46. The number of nitrogens with one attached hydrogen (secondary N) is 1. The maximum absolute atomic E-state index is 11.5. The minimum atomic E-state index is -0.117. The minimum Gasteiger partial charge on any atom is -0.350 e. The fourth-order valence-corrected chi connectivity index (χ4v) is 1.93. The number of hydrogen-bond acceptors (Lipinski definition) is 3. The predicted molar refractivity (Wildman–Crippen MR) is 67.4 cm³/mol. The van der Waals surface area contributed by atoms with Crippen molar-refractivity contribution < 1.29 is 9.59 Å². The number of allylic oxidation sites excluding steroid dienone is 1. The number of nitrogens with zero attached hydrogens (tertiary/aromatic N) is 2. The van der Waals surface area contributed by atoms with Crippen LogP contribution in [0.2, 0.25) is 0 Å². The van der Waals surface area contributed by atoms with Gasteiger partial charge in [0.15, 0.2) is 0 Å². The van der Waals surface area contributed by atoms with Gasteiger partial charge in [-0.05, 0) is 25.3 Å². The summed E-state index contributed by atoms with van der Waals surface area (Å²) in [7, 11) is 0. The normalized spacial score (nSPS) is 16.6. The summed E-state index contributed by atoms with van der Waals surface area (Å²) >= 11 is 0. The van der Waals surface area contributed by atoms with Crippen LogP contribution in [-0.4, -0.2) is 35.8 Å². The molecule has 0 atom stereocenters. The molecule has 1 saturated heterocycles. The van der Waals surface area contributed by atoms with Crippen LogP contribution < -0.4 is 5.32 Å². The van der Waals surface area contributed by atoms with Gasteiger partial charge in [-0.2, -0.15) is 5.26 Å². The fourth-order valence-electron chi connectivity index (χ4n) is 1.93. The van der Waals surface area contributed by atoms with Gasteiger partial charge in [-0.3, -0.25) is 9.59 Å². The van der Waals surface area contributed by atoms with Crippen LogP contribution in [0, 0.1) is 11.3 Å². The molecule has 0 aromatic carbocycles. The summed E-state index contributed by atoms with van der Waals surface area (Å²) in [6.45, 7) is 3.20. The summed E-state index contributed by atoms with van der Waals surface area (Å²) in [4.78, 5) is 24.6. The maximum atomic E-state index is 11.5. The quantitative estimate of drug-likeness (QED) is 0.755. The van der Waals surface area contributed by atoms with Crippen molar-refractivity contribution in [2.75, 3.05) is 13.1 Å². The van der Waals surface area contributed by atoms with E-state index in [9.17, 15) is 9.59 Å². The first kappa shape index (κ1) is 14.2. The predicted octanol–water partition coefficient (Wildman–Crippen LogP) is 0.973. The van der Waals surface area contributed by atoms with Crippen molar-refractivity contribution in [3.8, 4) is 6.07 Å². The van der Waals surface area contributed by atoms with Crippen LogP contribution in [0.25, 0.3) is 0 Å². The van der Waals surface area contributed by atoms with E-state index in [2.05, 4.69) is 5.32 Å². The molecule has 1 fully saturated rings. The van der Waals surface area contributed by atoms with Crippen molar-refractivity contribution >= 4 is 11.8 Å². The molecule has 98 valence electrons. The zero-order valence-corrected chi connectivity index (χ0v) is 10.7. The molecule has 0 aliphatic carbocycles. The van der Waals surface area contributed by atoms with Crippen LogP contribution in [0.5, 0.6) is 0 Å². The van der Waals surface area contributed by atoms with Crippen LogP contribution in [0.3, 0.4) is 0 Å². The number of amides is 2. The van der Waals surface area contributed by atoms with Crippen LogP contribution in [0.15, 0.2) is 12.2 Å². The maximum Gasteiger partial charge on any atom is 0.243 e. The highest BCUT2D eigenvalue weighted by molar-refractivity contribution is 5.87. The number of rotatable bonds is 4. The number of carbonyl (C=O) groups is 2. The van der Waals surface area contributed by atoms with Crippen molar-refractivity contribution in [2.45, 2.75) is 38.6 Å². The Morgan fingerprint density at radius 3 is 2.67 bits per heavy atom. The second-order valence-electron chi connectivity index (χ2n) is 4.31. The molecule has 2 amide bonds. The third-order valence-electron chi connectivity index (χ3n) is 2.93. The molecule has 1 N–H and O–H groups in total. The number of hydrogen-bond donors (Lipinski definition) is 1. The van der Waals surface area contributed by atoms with Crippen LogP contribution >= 0.6 is 0 Å². The molecule has 0 bridgehead atoms. The largest absolute Gasteiger partial charge is 0.350 e. The zero-order chi connectivity index (χ0) is 13.4. The van der Waals surface area contributed by atoms with Gasteiger partial charge in [0.2, 0.25) is 11.8 Å². The van der Waals surface area contributed by atoms with Crippen LogP contribution in [0.1, 0.15) is 32.6 Å². The molecular weight excluding hydrogens is 230 g/mol. The second kappa shape index (κ2) is 7.49. The van der Waals surface area contributed by atoms with Crippen molar-refractivity contribution in [1.29, 1.82) is 5.26 Å². The Labute approximate surface area is 107 Å². The first-order valence-electron chi connectivity index (χ1n) is 6.29. The first-order valence-corrected chi connectivity index (χ1v) is 6.29. The number of nitriles is 1. The molecule has 0 spiro atoms. The summed E-state index contributed by atoms with van der Waals surface area (Å²) in [6.07, 6.45) is 5.66. The van der Waals surface area contributed by atoms with E-state index in [1.54, 1.807) is 11.0 Å². The lowest BCUT2D eigenvalue weighted by molar-refractivity contribution is -0.131. The highest BCUT2D eigenvalue weighted by Gasteiger charge is 2.22. The van der Waals surface area contributed by atoms with Crippen LogP contribution in [0.4, 0.5) is 0 Å². The van der Waals surface area contributed by atoms with E-state index in [0.29, 0.717) is 13.1 Å². The molecule has 0 aromatic heterocycles. The van der Waals surface area contributed by atoms with E-state index < -0.39 is 0 Å². The van der Waals surface area contributed by atoms with E-state index in [0.717, 1.165) is 19.3 Å². The molecule has 18 heavy (non-hydrogen) atoms. The standard InChI is InChI=1S/C13H19N3O2/c1-2-3-4-12(17)15-11-6-9-16(10-7-11)13(18)5-8-14/h3-4,11H,2,5-7,9-10H2,1H3,(H,15,17)/b4-3+. The van der Waals surface area contributed by atoms with Crippen molar-refractivity contribution in [2.24, 2.45) is 0 Å². The highest BCUT2D eigenvalue weighted by atomic mass is 16.2. The van der Waals surface area contributed by atoms with Gasteiger partial charge >= 0.3 is 0 Å². The molecule has 0 aromatic rings. The summed E-state index contributed by atoms with van der Waals surface area (Å²) in [5.41, 5.74) is 0. The Hall–Kier alpha value is -1.83. The Morgan fingerprint density at radius 2 is 2.11 bits per heavy atom. The van der Waals surface area contributed by atoms with Gasteiger partial charge in [0.1, 0.15) is 6.42 Å². The zero-order valence-electron chi connectivity index (χ0n) is 10.7. The average molecular weight is 249 g/mol. The van der Waals surface area contributed by atoms with Gasteiger partial charge in [-0.25, -0.2) is 0 Å². The van der Waals surface area contributed by atoms with Gasteiger partial charge in [0.05, 0.1) is 6.07 Å². The highest BCUT2D eigenvalue weighted by Crippen LogP contribution is 2.11. The molecule has 5 heteroatoms. The summed E-state index contributed by atoms with van der Waals surface area (Å²) in [6, 6.07) is 1.99. The lowest BCUT2D eigenvalue weighted by atomic mass is 10.0. The number of carbonyl (C=O) groups excluding carboxylic acids is 2. The smallest absolute Gasteiger partial charge is 0.243 e. The van der Waals surface area contributed by atoms with E-state index >= 15 is 0 Å². The van der Waals surface area contributed by atoms with E-state index in [1.807, 2.05) is 19.1 Å². The molecule has 5 nitrogen and oxygen atoms in total. The third-order valence-corrected chi connectivity index (χ3v) is 2.93. The molecule has 0 unspecified atom stereocenters. The number of likely N-dealkylation sites (tertiary alicyclic amines) is 1. The van der Waals surface area contributed by atoms with Gasteiger partial charge in [-0.15, -0.1) is 0 Å². The summed E-state index contributed by atoms with van der Waals surface area (Å²) in [5.74, 6) is -0.188. The van der Waals surface area contributed by atoms with Gasteiger partial charge in [-0.1, -0.05) is 13.0 Å². The van der Waals surface area contributed by atoms with E-state index in [1.165, 1.54) is 0 Å². The molecule has 1 aliphatic rings. The van der Waals surface area contributed by atoms with Crippen LogP contribution in [-0.2, 0) is 9.59 Å². The summed E-state index contributed by atoms with van der Waals surface area (Å²) < 4.78 is 0. The Morgan fingerprint density at radius 1 is 1.44 bits per heavy atom. The van der Waals surface area contributed by atoms with Crippen molar-refractivity contribution in [1.82, 2.24) is 10.2 Å². The Bertz CT molecular complexity index is 363. The molecule has 1 heterocycles. The second-order valence-corrected chi connectivity index (χ2v) is 4.31. The molecule has 0 saturated carbocycles.